The van der Waals surface area contributed by atoms with Crippen LogP contribution >= 0.6 is 0 Å². The lowest BCUT2D eigenvalue weighted by atomic mass is 9.99. The first kappa shape index (κ1) is 13.7. The van der Waals surface area contributed by atoms with Crippen molar-refractivity contribution in [1.82, 2.24) is 19.9 Å². The number of aryl methyl sites for hydroxylation is 3. The number of fused-ring (bicyclic) bond motifs is 1. The Morgan fingerprint density at radius 3 is 3.14 bits per heavy atom. The molecule has 0 saturated carbocycles. The van der Waals surface area contributed by atoms with Gasteiger partial charge in [-0.15, -0.1) is 0 Å². The van der Waals surface area contributed by atoms with Crippen LogP contribution in [0.2, 0.25) is 0 Å². The number of nitrogens with zero attached hydrogens (tertiary/aromatic N) is 3. The normalized spacial score (nSPS) is 17.3. The lowest BCUT2D eigenvalue weighted by molar-refractivity contribution is 0.247. The SMILES string of the molecule is Cc1nc(NC(=O)NCC2CCc3nccn3C2)oc1C. The largest absolute Gasteiger partial charge is 0.428 e. The van der Waals surface area contributed by atoms with Gasteiger partial charge in [0, 0.05) is 31.9 Å². The van der Waals surface area contributed by atoms with Crippen LogP contribution in [0.1, 0.15) is 23.7 Å². The number of anilines is 1. The summed E-state index contributed by atoms with van der Waals surface area (Å²) in [7, 11) is 0. The molecule has 2 N–H and O–H groups in total. The van der Waals surface area contributed by atoms with E-state index in [9.17, 15) is 4.79 Å². The lowest BCUT2D eigenvalue weighted by Gasteiger charge is -2.23. The third-order valence-corrected chi connectivity index (χ3v) is 3.83. The zero-order chi connectivity index (χ0) is 14.8. The molecule has 3 heterocycles. The molecule has 0 radical (unpaired) electrons. The van der Waals surface area contributed by atoms with Crippen molar-refractivity contribution in [3.8, 4) is 0 Å². The summed E-state index contributed by atoms with van der Waals surface area (Å²) in [6.45, 7) is 5.18. The van der Waals surface area contributed by atoms with E-state index in [1.54, 1.807) is 0 Å². The van der Waals surface area contributed by atoms with Crippen LogP contribution in [0, 0.1) is 19.8 Å². The van der Waals surface area contributed by atoms with Crippen LogP contribution in [0.3, 0.4) is 0 Å². The molecule has 0 bridgehead atoms. The molecule has 2 aromatic heterocycles. The topological polar surface area (TPSA) is 85.0 Å². The number of aromatic nitrogens is 3. The molecule has 1 atom stereocenters. The molecule has 3 rings (SSSR count). The van der Waals surface area contributed by atoms with Crippen LogP contribution in [0.15, 0.2) is 16.8 Å². The fourth-order valence-electron chi connectivity index (χ4n) is 2.51. The monoisotopic (exact) mass is 289 g/mol. The molecule has 7 heteroatoms. The van der Waals surface area contributed by atoms with Crippen molar-refractivity contribution < 1.29 is 9.21 Å². The van der Waals surface area contributed by atoms with E-state index in [4.69, 9.17) is 4.42 Å². The highest BCUT2D eigenvalue weighted by atomic mass is 16.4. The minimum atomic E-state index is -0.285. The number of hydrogen-bond donors (Lipinski definition) is 2. The molecular weight excluding hydrogens is 270 g/mol. The van der Waals surface area contributed by atoms with Crippen LogP contribution in [0.4, 0.5) is 10.8 Å². The molecule has 21 heavy (non-hydrogen) atoms. The van der Waals surface area contributed by atoms with Gasteiger partial charge in [0.05, 0.1) is 5.69 Å². The van der Waals surface area contributed by atoms with Crippen LogP contribution < -0.4 is 10.6 Å². The van der Waals surface area contributed by atoms with Gasteiger partial charge < -0.3 is 14.3 Å². The number of carbonyl (C=O) groups is 1. The molecule has 2 aromatic rings. The first-order valence-electron chi connectivity index (χ1n) is 7.10. The van der Waals surface area contributed by atoms with Crippen molar-refractivity contribution in [2.24, 2.45) is 5.92 Å². The van der Waals surface area contributed by atoms with Gasteiger partial charge in [-0.3, -0.25) is 5.32 Å². The minimum Gasteiger partial charge on any atom is -0.428 e. The van der Waals surface area contributed by atoms with E-state index in [1.165, 1.54) is 0 Å². The molecule has 112 valence electrons. The molecule has 2 amide bonds. The van der Waals surface area contributed by atoms with Crippen molar-refractivity contribution in [2.45, 2.75) is 33.2 Å². The second-order valence-electron chi connectivity index (χ2n) is 5.40. The Kier molecular flexibility index (Phi) is 3.64. The third-order valence-electron chi connectivity index (χ3n) is 3.83. The minimum absolute atomic E-state index is 0.239. The second kappa shape index (κ2) is 5.59. The molecule has 0 aliphatic carbocycles. The van der Waals surface area contributed by atoms with E-state index in [0.717, 1.165) is 30.9 Å². The summed E-state index contributed by atoms with van der Waals surface area (Å²) < 4.78 is 7.46. The van der Waals surface area contributed by atoms with Crippen molar-refractivity contribution in [3.63, 3.8) is 0 Å². The van der Waals surface area contributed by atoms with Gasteiger partial charge in [0.15, 0.2) is 0 Å². The van der Waals surface area contributed by atoms with E-state index in [0.29, 0.717) is 18.2 Å². The quantitative estimate of drug-likeness (QED) is 0.903. The van der Waals surface area contributed by atoms with E-state index >= 15 is 0 Å². The first-order valence-corrected chi connectivity index (χ1v) is 7.10. The van der Waals surface area contributed by atoms with Crippen molar-refractivity contribution in [3.05, 3.63) is 29.7 Å². The Balaban J connectivity index is 1.48. The van der Waals surface area contributed by atoms with Gasteiger partial charge in [0.25, 0.3) is 0 Å². The maximum absolute atomic E-state index is 11.8. The van der Waals surface area contributed by atoms with Crippen LogP contribution in [0.25, 0.3) is 0 Å². The van der Waals surface area contributed by atoms with Crippen LogP contribution in [-0.2, 0) is 13.0 Å². The van der Waals surface area contributed by atoms with E-state index < -0.39 is 0 Å². The van der Waals surface area contributed by atoms with Gasteiger partial charge in [-0.2, -0.15) is 4.98 Å². The number of imidazole rings is 1. The summed E-state index contributed by atoms with van der Waals surface area (Å²) >= 11 is 0. The molecule has 7 nitrogen and oxygen atoms in total. The van der Waals surface area contributed by atoms with Gasteiger partial charge in [-0.1, -0.05) is 0 Å². The predicted molar refractivity (Wildman–Crippen MR) is 77.0 cm³/mol. The van der Waals surface area contributed by atoms with Crippen LogP contribution in [0.5, 0.6) is 0 Å². The Bertz CT molecular complexity index is 626. The number of amides is 2. The zero-order valence-electron chi connectivity index (χ0n) is 12.2. The summed E-state index contributed by atoms with van der Waals surface area (Å²) in [5.41, 5.74) is 0.783. The van der Waals surface area contributed by atoms with E-state index in [2.05, 4.69) is 25.2 Å². The summed E-state index contributed by atoms with van der Waals surface area (Å²) in [6.07, 6.45) is 5.80. The Labute approximate surface area is 122 Å². The lowest BCUT2D eigenvalue weighted by Crippen LogP contribution is -2.36. The molecule has 0 fully saturated rings. The van der Waals surface area contributed by atoms with Gasteiger partial charge in [0.2, 0.25) is 0 Å². The number of urea groups is 1. The van der Waals surface area contributed by atoms with E-state index in [1.807, 2.05) is 26.2 Å². The standard InChI is InChI=1S/C14H19N5O2/c1-9-10(2)21-14(17-9)18-13(20)16-7-11-3-4-12-15-5-6-19(12)8-11/h5-6,11H,3-4,7-8H2,1-2H3,(H2,16,17,18,20). The molecule has 0 aromatic carbocycles. The number of hydrogen-bond acceptors (Lipinski definition) is 4. The Hall–Kier alpha value is -2.31. The molecule has 0 saturated heterocycles. The third kappa shape index (κ3) is 3.07. The Morgan fingerprint density at radius 2 is 2.38 bits per heavy atom. The van der Waals surface area contributed by atoms with Crippen LogP contribution in [-0.4, -0.2) is 27.1 Å². The molecule has 0 spiro atoms. The summed E-state index contributed by atoms with van der Waals surface area (Å²) in [4.78, 5) is 20.2. The number of rotatable bonds is 3. The predicted octanol–water partition coefficient (Wildman–Crippen LogP) is 1.87. The maximum Gasteiger partial charge on any atom is 0.322 e. The second-order valence-corrected chi connectivity index (χ2v) is 5.40. The van der Waals surface area contributed by atoms with Gasteiger partial charge in [0.1, 0.15) is 11.6 Å². The fraction of sp³-hybridized carbons (Fsp3) is 0.500. The summed E-state index contributed by atoms with van der Waals surface area (Å²) in [6, 6.07) is -0.0456. The van der Waals surface area contributed by atoms with Gasteiger partial charge in [-0.05, 0) is 26.2 Å². The molecule has 1 unspecified atom stereocenters. The molecule has 1 aliphatic heterocycles. The van der Waals surface area contributed by atoms with Crippen molar-refractivity contribution >= 4 is 12.0 Å². The number of carbonyl (C=O) groups excluding carboxylic acids is 1. The van der Waals surface area contributed by atoms with Gasteiger partial charge in [-0.25, -0.2) is 9.78 Å². The maximum atomic E-state index is 11.8. The van der Waals surface area contributed by atoms with Crippen molar-refractivity contribution in [2.75, 3.05) is 11.9 Å². The van der Waals surface area contributed by atoms with Gasteiger partial charge >= 0.3 is 12.0 Å². The highest BCUT2D eigenvalue weighted by Gasteiger charge is 2.19. The highest BCUT2D eigenvalue weighted by Crippen LogP contribution is 2.18. The Morgan fingerprint density at radius 1 is 1.52 bits per heavy atom. The summed E-state index contributed by atoms with van der Waals surface area (Å²) in [5, 5.41) is 5.48. The summed E-state index contributed by atoms with van der Waals surface area (Å²) in [5.74, 6) is 2.26. The smallest absolute Gasteiger partial charge is 0.322 e. The number of nitrogens with one attached hydrogen (secondary N) is 2. The number of oxazole rings is 1. The molecule has 1 aliphatic rings. The average molecular weight is 289 g/mol. The first-order chi connectivity index (χ1) is 10.1. The zero-order valence-corrected chi connectivity index (χ0v) is 12.2. The van der Waals surface area contributed by atoms with E-state index in [-0.39, 0.29) is 12.0 Å². The van der Waals surface area contributed by atoms with Crippen molar-refractivity contribution in [1.29, 1.82) is 0 Å². The average Bonchev–Trinajstić information content (AvgIpc) is 3.03. The molecular formula is C14H19N5O2. The highest BCUT2D eigenvalue weighted by molar-refractivity contribution is 5.86. The fourth-order valence-corrected chi connectivity index (χ4v) is 2.51.